The molecule has 7 heteroatoms. The largest absolute Gasteiger partial charge is 0.512 e. The summed E-state index contributed by atoms with van der Waals surface area (Å²) in [4.78, 5) is 25.5. The molecular formula is C28H28O6S. The molecular weight excluding hydrogens is 464 g/mol. The third-order valence-corrected chi connectivity index (χ3v) is 7.33. The van der Waals surface area contributed by atoms with Crippen molar-refractivity contribution in [2.45, 2.75) is 37.9 Å². The van der Waals surface area contributed by atoms with E-state index in [0.717, 1.165) is 17.5 Å². The first-order valence-electron chi connectivity index (χ1n) is 11.6. The standard InChI is InChI=1S/C28H28O6S/c29-23(10-4-8-21-9-5-15-35-21)27-22(16-26(31)32)24(30)17-25(27)34-28(33)20-13-11-19(12-14-20)18-6-2-1-3-7-18/h1-3,5-7,9-15,22,24-25,27,29-30H,4,8,16-17H2,(H,31,32)/t22-,24-,25-,27-/m0/s1. The van der Waals surface area contributed by atoms with Crippen LogP contribution < -0.4 is 0 Å². The zero-order chi connectivity index (χ0) is 24.8. The molecule has 182 valence electrons. The topological polar surface area (TPSA) is 104 Å². The van der Waals surface area contributed by atoms with E-state index in [1.54, 1.807) is 29.5 Å². The van der Waals surface area contributed by atoms with Crippen LogP contribution in [-0.4, -0.2) is 39.5 Å². The Labute approximate surface area is 208 Å². The Bertz CT molecular complexity index is 1150. The summed E-state index contributed by atoms with van der Waals surface area (Å²) >= 11 is 1.62. The summed E-state index contributed by atoms with van der Waals surface area (Å²) in [6.07, 6.45) is 0.857. The van der Waals surface area contributed by atoms with Gasteiger partial charge >= 0.3 is 11.9 Å². The summed E-state index contributed by atoms with van der Waals surface area (Å²) in [5, 5.41) is 32.7. The molecule has 0 unspecified atom stereocenters. The molecule has 1 aromatic heterocycles. The maximum atomic E-state index is 12.9. The molecule has 0 spiro atoms. The van der Waals surface area contributed by atoms with Crippen LogP contribution in [-0.2, 0) is 16.0 Å². The number of aliphatic hydroxyl groups excluding tert-OH is 2. The van der Waals surface area contributed by atoms with Crippen LogP contribution in [0.25, 0.3) is 11.1 Å². The van der Waals surface area contributed by atoms with Crippen molar-refractivity contribution >= 4 is 23.3 Å². The highest BCUT2D eigenvalue weighted by Crippen LogP contribution is 2.41. The Morgan fingerprint density at radius 2 is 1.69 bits per heavy atom. The number of carbonyl (C=O) groups excluding carboxylic acids is 1. The Kier molecular flexibility index (Phi) is 8.00. The second-order valence-electron chi connectivity index (χ2n) is 8.72. The van der Waals surface area contributed by atoms with Crippen molar-refractivity contribution in [1.82, 2.24) is 0 Å². The average molecular weight is 493 g/mol. The van der Waals surface area contributed by atoms with Crippen LogP contribution in [0.5, 0.6) is 0 Å². The van der Waals surface area contributed by atoms with Crippen molar-refractivity contribution in [3.05, 3.63) is 94.4 Å². The quantitative estimate of drug-likeness (QED) is 0.270. The second-order valence-corrected chi connectivity index (χ2v) is 9.76. The van der Waals surface area contributed by atoms with Crippen LogP contribution in [0, 0.1) is 11.8 Å². The van der Waals surface area contributed by atoms with Gasteiger partial charge in [0.2, 0.25) is 0 Å². The number of rotatable bonds is 9. The fourth-order valence-electron chi connectivity index (χ4n) is 4.66. The minimum absolute atomic E-state index is 0.0402. The molecule has 3 N–H and O–H groups in total. The fraction of sp³-hybridized carbons (Fsp3) is 0.286. The summed E-state index contributed by atoms with van der Waals surface area (Å²) < 4.78 is 5.72. The number of aliphatic hydroxyl groups is 2. The normalized spacial score (nSPS) is 22.1. The van der Waals surface area contributed by atoms with Crippen molar-refractivity contribution in [2.75, 3.05) is 0 Å². The molecule has 1 saturated carbocycles. The maximum Gasteiger partial charge on any atom is 0.338 e. The number of aliphatic carboxylic acids is 1. The van der Waals surface area contributed by atoms with Gasteiger partial charge in [-0.2, -0.15) is 0 Å². The Hall–Kier alpha value is -3.42. The number of aryl methyl sites for hydroxylation is 1. The molecule has 3 aromatic rings. The van der Waals surface area contributed by atoms with Crippen molar-refractivity contribution in [1.29, 1.82) is 0 Å². The molecule has 1 fully saturated rings. The van der Waals surface area contributed by atoms with Gasteiger partial charge in [0.1, 0.15) is 6.10 Å². The lowest BCUT2D eigenvalue weighted by atomic mass is 9.88. The monoisotopic (exact) mass is 492 g/mol. The van der Waals surface area contributed by atoms with E-state index < -0.39 is 36.0 Å². The van der Waals surface area contributed by atoms with E-state index in [4.69, 9.17) is 4.74 Å². The number of hydrogen-bond acceptors (Lipinski definition) is 6. The molecule has 0 radical (unpaired) electrons. The zero-order valence-electron chi connectivity index (χ0n) is 19.1. The first-order valence-corrected chi connectivity index (χ1v) is 12.5. The predicted octanol–water partition coefficient (Wildman–Crippen LogP) is 5.49. The zero-order valence-corrected chi connectivity index (χ0v) is 19.9. The summed E-state index contributed by atoms with van der Waals surface area (Å²) in [6, 6.07) is 20.8. The van der Waals surface area contributed by atoms with Crippen molar-refractivity contribution in [3.63, 3.8) is 0 Å². The van der Waals surface area contributed by atoms with E-state index in [2.05, 4.69) is 0 Å². The van der Waals surface area contributed by atoms with Gasteiger partial charge in [0.25, 0.3) is 0 Å². The number of esters is 1. The third kappa shape index (κ3) is 6.18. The minimum Gasteiger partial charge on any atom is -0.512 e. The van der Waals surface area contributed by atoms with Crippen LogP contribution in [0.2, 0.25) is 0 Å². The van der Waals surface area contributed by atoms with Gasteiger partial charge in [0.05, 0.1) is 29.8 Å². The Balaban J connectivity index is 1.48. The lowest BCUT2D eigenvalue weighted by molar-refractivity contribution is -0.139. The first kappa shape index (κ1) is 24.7. The van der Waals surface area contributed by atoms with Crippen LogP contribution in [0.15, 0.2) is 83.9 Å². The smallest absolute Gasteiger partial charge is 0.338 e. The van der Waals surface area contributed by atoms with E-state index in [1.807, 2.05) is 60.0 Å². The first-order chi connectivity index (χ1) is 16.9. The number of thiophene rings is 1. The van der Waals surface area contributed by atoms with E-state index in [0.29, 0.717) is 12.0 Å². The molecule has 0 amide bonds. The SMILES string of the molecule is O=C(O)C[C@@H]1[C@@H](C(O)=CCCc2cccs2)[C@@H](OC(=O)c2ccc(-c3ccccc3)cc2)C[C@@H]1O. The van der Waals surface area contributed by atoms with Crippen molar-refractivity contribution < 1.29 is 29.6 Å². The molecule has 35 heavy (non-hydrogen) atoms. The molecule has 0 bridgehead atoms. The maximum absolute atomic E-state index is 12.9. The Morgan fingerprint density at radius 1 is 0.971 bits per heavy atom. The highest BCUT2D eigenvalue weighted by Gasteiger charge is 2.47. The minimum atomic E-state index is -1.08. The number of carboxylic acid groups (broad SMARTS) is 1. The molecule has 6 nitrogen and oxygen atoms in total. The van der Waals surface area contributed by atoms with Gasteiger partial charge < -0.3 is 20.1 Å². The van der Waals surface area contributed by atoms with Crippen LogP contribution in [0.4, 0.5) is 0 Å². The van der Waals surface area contributed by atoms with Crippen molar-refractivity contribution in [3.8, 4) is 11.1 Å². The highest BCUT2D eigenvalue weighted by atomic mass is 32.1. The summed E-state index contributed by atoms with van der Waals surface area (Å²) in [5.41, 5.74) is 2.34. The van der Waals surface area contributed by atoms with Crippen LogP contribution in [0.3, 0.4) is 0 Å². The number of ether oxygens (including phenoxy) is 1. The highest BCUT2D eigenvalue weighted by molar-refractivity contribution is 7.09. The number of benzene rings is 2. The fourth-order valence-corrected chi connectivity index (χ4v) is 5.38. The van der Waals surface area contributed by atoms with Gasteiger partial charge in [-0.3, -0.25) is 4.79 Å². The molecule has 1 aliphatic rings. The number of hydrogen-bond donors (Lipinski definition) is 3. The summed E-state index contributed by atoms with van der Waals surface area (Å²) in [6.45, 7) is 0. The molecule has 0 saturated heterocycles. The van der Waals surface area contributed by atoms with Gasteiger partial charge in [0, 0.05) is 17.2 Å². The molecule has 2 aromatic carbocycles. The van der Waals surface area contributed by atoms with Gasteiger partial charge in [-0.1, -0.05) is 48.5 Å². The van der Waals surface area contributed by atoms with Gasteiger partial charge in [-0.05, 0) is 53.6 Å². The lowest BCUT2D eigenvalue weighted by Gasteiger charge is -2.24. The molecule has 1 aliphatic carbocycles. The lowest BCUT2D eigenvalue weighted by Crippen LogP contribution is -2.29. The molecule has 1 heterocycles. The second kappa shape index (κ2) is 11.3. The van der Waals surface area contributed by atoms with Crippen LogP contribution in [0.1, 0.15) is 34.5 Å². The summed E-state index contributed by atoms with van der Waals surface area (Å²) in [5.74, 6) is -3.22. The van der Waals surface area contributed by atoms with Crippen LogP contribution >= 0.6 is 11.3 Å². The van der Waals surface area contributed by atoms with E-state index in [1.165, 1.54) is 4.88 Å². The number of carboxylic acids is 1. The third-order valence-electron chi connectivity index (χ3n) is 6.39. The molecule has 0 aliphatic heterocycles. The predicted molar refractivity (Wildman–Crippen MR) is 134 cm³/mol. The summed E-state index contributed by atoms with van der Waals surface area (Å²) in [7, 11) is 0. The van der Waals surface area contributed by atoms with Gasteiger partial charge in [-0.25, -0.2) is 4.79 Å². The number of allylic oxidation sites excluding steroid dienone is 1. The number of carbonyl (C=O) groups is 2. The molecule has 4 rings (SSSR count). The van der Waals surface area contributed by atoms with Gasteiger partial charge in [-0.15, -0.1) is 11.3 Å². The van der Waals surface area contributed by atoms with Crippen molar-refractivity contribution in [2.24, 2.45) is 11.8 Å². The molecule has 4 atom stereocenters. The van der Waals surface area contributed by atoms with E-state index in [9.17, 15) is 24.9 Å². The van der Waals surface area contributed by atoms with Gasteiger partial charge in [0.15, 0.2) is 0 Å². The van der Waals surface area contributed by atoms with E-state index >= 15 is 0 Å². The van der Waals surface area contributed by atoms with E-state index in [-0.39, 0.29) is 18.6 Å². The Morgan fingerprint density at radius 3 is 2.34 bits per heavy atom. The average Bonchev–Trinajstić information content (AvgIpc) is 3.47.